The summed E-state index contributed by atoms with van der Waals surface area (Å²) in [7, 11) is 3.54. The Balaban J connectivity index is 0.00000320. The molecule has 0 aromatic heterocycles. The van der Waals surface area contributed by atoms with Gasteiger partial charge in [-0.05, 0) is 49.4 Å². The van der Waals surface area contributed by atoms with Gasteiger partial charge in [-0.3, -0.25) is 9.89 Å². The summed E-state index contributed by atoms with van der Waals surface area (Å²) in [5.74, 6) is 1.79. The number of rotatable bonds is 6. The molecule has 1 fully saturated rings. The van der Waals surface area contributed by atoms with E-state index in [4.69, 9.17) is 4.74 Å². The smallest absolute Gasteiger partial charge is 0.191 e. The van der Waals surface area contributed by atoms with Gasteiger partial charge in [0.05, 0.1) is 7.11 Å². The number of benzene rings is 2. The van der Waals surface area contributed by atoms with Crippen molar-refractivity contribution in [2.45, 2.75) is 51.9 Å². The first kappa shape index (κ1) is 24.5. The number of nitrogens with zero attached hydrogens (tertiary/aromatic N) is 2. The van der Waals surface area contributed by atoms with Gasteiger partial charge in [-0.25, -0.2) is 0 Å². The molecule has 2 aromatic carbocycles. The summed E-state index contributed by atoms with van der Waals surface area (Å²) in [6.07, 6.45) is 2.24. The van der Waals surface area contributed by atoms with E-state index in [1.54, 1.807) is 7.11 Å². The highest BCUT2D eigenvalue weighted by atomic mass is 127. The van der Waals surface area contributed by atoms with E-state index in [2.05, 4.69) is 76.8 Å². The van der Waals surface area contributed by atoms with Gasteiger partial charge in [0.25, 0.3) is 0 Å². The van der Waals surface area contributed by atoms with Gasteiger partial charge in [-0.15, -0.1) is 24.0 Å². The fourth-order valence-electron chi connectivity index (χ4n) is 4.03. The van der Waals surface area contributed by atoms with Crippen LogP contribution in [-0.2, 0) is 13.1 Å². The quantitative estimate of drug-likeness (QED) is 0.337. The molecule has 0 aliphatic carbocycles. The molecule has 0 bridgehead atoms. The monoisotopic (exact) mass is 522 g/mol. The number of nitrogens with one attached hydrogen (secondary N) is 2. The minimum atomic E-state index is 0. The minimum absolute atomic E-state index is 0. The molecule has 0 radical (unpaired) electrons. The molecular formula is C24H35IN4O. The molecule has 1 saturated heterocycles. The van der Waals surface area contributed by atoms with Crippen molar-refractivity contribution in [1.29, 1.82) is 0 Å². The highest BCUT2D eigenvalue weighted by Crippen LogP contribution is 2.20. The Kier molecular flexibility index (Phi) is 9.91. The summed E-state index contributed by atoms with van der Waals surface area (Å²) in [6, 6.07) is 18.0. The molecule has 30 heavy (non-hydrogen) atoms. The normalized spacial score (nSPS) is 19.7. The second-order valence-electron chi connectivity index (χ2n) is 7.90. The Morgan fingerprint density at radius 1 is 1.17 bits per heavy atom. The van der Waals surface area contributed by atoms with Crippen LogP contribution in [-0.4, -0.2) is 43.6 Å². The summed E-state index contributed by atoms with van der Waals surface area (Å²) >= 11 is 0. The first-order valence-corrected chi connectivity index (χ1v) is 10.5. The van der Waals surface area contributed by atoms with E-state index in [1.165, 1.54) is 11.1 Å². The van der Waals surface area contributed by atoms with Crippen molar-refractivity contribution in [3.63, 3.8) is 0 Å². The summed E-state index contributed by atoms with van der Waals surface area (Å²) in [5.41, 5.74) is 3.75. The molecule has 2 atom stereocenters. The molecule has 0 spiro atoms. The van der Waals surface area contributed by atoms with Crippen LogP contribution in [0, 0.1) is 6.92 Å². The second kappa shape index (κ2) is 12.2. The van der Waals surface area contributed by atoms with Gasteiger partial charge in [0, 0.05) is 38.8 Å². The van der Waals surface area contributed by atoms with Gasteiger partial charge in [-0.1, -0.05) is 42.5 Å². The topological polar surface area (TPSA) is 48.9 Å². The Morgan fingerprint density at radius 3 is 2.57 bits per heavy atom. The summed E-state index contributed by atoms with van der Waals surface area (Å²) in [5, 5.41) is 7.06. The lowest BCUT2D eigenvalue weighted by molar-refractivity contribution is 0.134. The molecular weight excluding hydrogens is 487 g/mol. The van der Waals surface area contributed by atoms with Crippen LogP contribution in [0.15, 0.2) is 53.5 Å². The summed E-state index contributed by atoms with van der Waals surface area (Å²) < 4.78 is 5.34. The van der Waals surface area contributed by atoms with Crippen molar-refractivity contribution in [3.05, 3.63) is 65.2 Å². The highest BCUT2D eigenvalue weighted by Gasteiger charge is 2.25. The number of guanidine groups is 1. The first-order chi connectivity index (χ1) is 14.1. The highest BCUT2D eigenvalue weighted by molar-refractivity contribution is 14.0. The average Bonchev–Trinajstić information content (AvgIpc) is 2.74. The van der Waals surface area contributed by atoms with Crippen molar-refractivity contribution < 1.29 is 4.74 Å². The number of hydrogen-bond acceptors (Lipinski definition) is 3. The fourth-order valence-corrected chi connectivity index (χ4v) is 4.03. The Bertz CT molecular complexity index is 812. The van der Waals surface area contributed by atoms with Crippen LogP contribution < -0.4 is 15.4 Å². The van der Waals surface area contributed by atoms with Crippen molar-refractivity contribution in [2.75, 3.05) is 20.7 Å². The van der Waals surface area contributed by atoms with E-state index >= 15 is 0 Å². The van der Waals surface area contributed by atoms with Gasteiger partial charge >= 0.3 is 0 Å². The Labute approximate surface area is 198 Å². The maximum Gasteiger partial charge on any atom is 0.191 e. The lowest BCUT2D eigenvalue weighted by Gasteiger charge is -2.38. The number of aliphatic imine (C=N–C) groups is 1. The number of hydrogen-bond donors (Lipinski definition) is 2. The third-order valence-electron chi connectivity index (χ3n) is 5.73. The number of piperidine rings is 1. The largest absolute Gasteiger partial charge is 0.496 e. The van der Waals surface area contributed by atoms with Crippen LogP contribution in [0.2, 0.25) is 0 Å². The zero-order chi connectivity index (χ0) is 20.6. The molecule has 6 heteroatoms. The molecule has 2 unspecified atom stereocenters. The van der Waals surface area contributed by atoms with E-state index in [0.29, 0.717) is 12.1 Å². The minimum Gasteiger partial charge on any atom is -0.496 e. The van der Waals surface area contributed by atoms with Crippen molar-refractivity contribution in [1.82, 2.24) is 15.5 Å². The Morgan fingerprint density at radius 2 is 1.93 bits per heavy atom. The molecule has 164 valence electrons. The van der Waals surface area contributed by atoms with Crippen LogP contribution in [0.5, 0.6) is 5.75 Å². The first-order valence-electron chi connectivity index (χ1n) is 10.5. The van der Waals surface area contributed by atoms with Gasteiger partial charge < -0.3 is 15.4 Å². The molecule has 5 nitrogen and oxygen atoms in total. The molecule has 2 aromatic rings. The van der Waals surface area contributed by atoms with Gasteiger partial charge in [-0.2, -0.15) is 0 Å². The lowest BCUT2D eigenvalue weighted by Crippen LogP contribution is -2.51. The number of methoxy groups -OCH3 is 1. The standard InChI is InChI=1S/C24H34N4O.HI/c1-18-14-21(10-11-23(18)29-4)16-26-24(25-3)27-22-12-13-28(19(2)15-22)17-20-8-6-5-7-9-20;/h5-11,14,19,22H,12-13,15-17H2,1-4H3,(H2,25,26,27);1H. The zero-order valence-corrected chi connectivity index (χ0v) is 20.9. The van der Waals surface area contributed by atoms with Crippen molar-refractivity contribution in [3.8, 4) is 5.75 Å². The van der Waals surface area contributed by atoms with E-state index in [0.717, 1.165) is 49.7 Å². The van der Waals surface area contributed by atoms with E-state index in [9.17, 15) is 0 Å². The van der Waals surface area contributed by atoms with Gasteiger partial charge in [0.2, 0.25) is 0 Å². The number of halogens is 1. The zero-order valence-electron chi connectivity index (χ0n) is 18.5. The van der Waals surface area contributed by atoms with E-state index < -0.39 is 0 Å². The number of aryl methyl sites for hydroxylation is 1. The van der Waals surface area contributed by atoms with Crippen molar-refractivity contribution >= 4 is 29.9 Å². The SMILES string of the molecule is CN=C(NCc1ccc(OC)c(C)c1)NC1CCN(Cc2ccccc2)C(C)C1.I. The third kappa shape index (κ3) is 6.87. The second-order valence-corrected chi connectivity index (χ2v) is 7.90. The van der Waals surface area contributed by atoms with Crippen LogP contribution in [0.3, 0.4) is 0 Å². The van der Waals surface area contributed by atoms with E-state index in [1.807, 2.05) is 13.1 Å². The van der Waals surface area contributed by atoms with Crippen LogP contribution in [0.25, 0.3) is 0 Å². The molecule has 0 amide bonds. The average molecular weight is 522 g/mol. The Hall–Kier alpha value is -1.80. The van der Waals surface area contributed by atoms with Crippen LogP contribution in [0.1, 0.15) is 36.5 Å². The van der Waals surface area contributed by atoms with Gasteiger partial charge in [0.1, 0.15) is 5.75 Å². The molecule has 1 aliphatic rings. The third-order valence-corrected chi connectivity index (χ3v) is 5.73. The molecule has 1 heterocycles. The molecule has 0 saturated carbocycles. The lowest BCUT2D eigenvalue weighted by atomic mass is 9.97. The predicted octanol–water partition coefficient (Wildman–Crippen LogP) is 4.34. The maximum absolute atomic E-state index is 5.34. The van der Waals surface area contributed by atoms with Crippen LogP contribution >= 0.6 is 24.0 Å². The number of ether oxygens (including phenoxy) is 1. The molecule has 3 rings (SSSR count). The van der Waals surface area contributed by atoms with Crippen LogP contribution in [0.4, 0.5) is 0 Å². The summed E-state index contributed by atoms with van der Waals surface area (Å²) in [4.78, 5) is 6.99. The molecule has 2 N–H and O–H groups in total. The number of likely N-dealkylation sites (tertiary alicyclic amines) is 1. The fraction of sp³-hybridized carbons (Fsp3) is 0.458. The maximum atomic E-state index is 5.34. The van der Waals surface area contributed by atoms with Gasteiger partial charge in [0.15, 0.2) is 5.96 Å². The molecule has 1 aliphatic heterocycles. The predicted molar refractivity (Wildman–Crippen MR) is 136 cm³/mol. The summed E-state index contributed by atoms with van der Waals surface area (Å²) in [6.45, 7) is 7.26. The van der Waals surface area contributed by atoms with Crippen molar-refractivity contribution in [2.24, 2.45) is 4.99 Å². The van der Waals surface area contributed by atoms with E-state index in [-0.39, 0.29) is 24.0 Å².